The molecule has 3 aromatic rings. The molecule has 2 heterocycles. The van der Waals surface area contributed by atoms with Gasteiger partial charge in [0.15, 0.2) is 5.69 Å². The fourth-order valence-electron chi connectivity index (χ4n) is 2.42. The van der Waals surface area contributed by atoms with E-state index in [1.807, 2.05) is 36.5 Å². The van der Waals surface area contributed by atoms with Crippen LogP contribution in [0.15, 0.2) is 42.9 Å². The lowest BCUT2D eigenvalue weighted by molar-refractivity contribution is 0.198. The molecule has 0 aliphatic heterocycles. The molecular formula is C18H18N6O. The van der Waals surface area contributed by atoms with E-state index in [4.69, 9.17) is 10.00 Å². The first-order valence-electron chi connectivity index (χ1n) is 7.91. The molecule has 1 aromatic carbocycles. The van der Waals surface area contributed by atoms with Crippen LogP contribution in [-0.2, 0) is 4.74 Å². The lowest BCUT2D eigenvalue weighted by atomic mass is 10.1. The fourth-order valence-corrected chi connectivity index (χ4v) is 2.42. The standard InChI is InChI=1S/C18H18N6O/c1-25-7-3-6-20-16-5-2-4-13-8-17(23-11-15(13)16)24-18-12-21-14(9-19)10-22-18/h2,4-5,8,10-12,20H,3,6-7H2,1H3,(H,22,23,24). The third-order valence-electron chi connectivity index (χ3n) is 3.63. The van der Waals surface area contributed by atoms with Crippen molar-refractivity contribution in [3.63, 3.8) is 0 Å². The van der Waals surface area contributed by atoms with Gasteiger partial charge in [0.05, 0.1) is 12.4 Å². The third kappa shape index (κ3) is 4.19. The molecule has 2 aromatic heterocycles. The lowest BCUT2D eigenvalue weighted by Crippen LogP contribution is -2.05. The topological polar surface area (TPSA) is 95.8 Å². The van der Waals surface area contributed by atoms with Crippen LogP contribution >= 0.6 is 0 Å². The van der Waals surface area contributed by atoms with Crippen molar-refractivity contribution in [1.82, 2.24) is 15.0 Å². The summed E-state index contributed by atoms with van der Waals surface area (Å²) in [6.07, 6.45) is 5.70. The molecule has 0 aliphatic rings. The van der Waals surface area contributed by atoms with Crippen molar-refractivity contribution in [2.75, 3.05) is 30.9 Å². The van der Waals surface area contributed by atoms with Gasteiger partial charge >= 0.3 is 0 Å². The summed E-state index contributed by atoms with van der Waals surface area (Å²) in [6.45, 7) is 1.57. The molecule has 0 saturated heterocycles. The Labute approximate surface area is 145 Å². The molecule has 7 nitrogen and oxygen atoms in total. The number of fused-ring (bicyclic) bond motifs is 1. The minimum absolute atomic E-state index is 0.279. The van der Waals surface area contributed by atoms with Gasteiger partial charge in [-0.2, -0.15) is 5.26 Å². The number of ether oxygens (including phenoxy) is 1. The maximum atomic E-state index is 8.76. The SMILES string of the molecule is COCCCNc1cccc2cc(Nc3cnc(C#N)cn3)ncc12. The predicted octanol–water partition coefficient (Wildman–Crippen LogP) is 3.09. The van der Waals surface area contributed by atoms with Crippen molar-refractivity contribution in [2.45, 2.75) is 6.42 Å². The summed E-state index contributed by atoms with van der Waals surface area (Å²) in [7, 11) is 1.70. The molecule has 0 amide bonds. The van der Waals surface area contributed by atoms with Crippen LogP contribution in [0, 0.1) is 11.3 Å². The minimum atomic E-state index is 0.279. The normalized spacial score (nSPS) is 10.4. The number of methoxy groups -OCH3 is 1. The van der Waals surface area contributed by atoms with Gasteiger partial charge < -0.3 is 15.4 Å². The summed E-state index contributed by atoms with van der Waals surface area (Å²) in [5, 5.41) is 17.4. The van der Waals surface area contributed by atoms with Crippen LogP contribution in [0.2, 0.25) is 0 Å². The Kier molecular flexibility index (Phi) is 5.34. The van der Waals surface area contributed by atoms with Gasteiger partial charge in [0, 0.05) is 37.5 Å². The smallest absolute Gasteiger partial charge is 0.158 e. The van der Waals surface area contributed by atoms with E-state index >= 15 is 0 Å². The Balaban J connectivity index is 1.76. The number of rotatable bonds is 7. The summed E-state index contributed by atoms with van der Waals surface area (Å²) >= 11 is 0. The second-order valence-corrected chi connectivity index (χ2v) is 5.39. The second-order valence-electron chi connectivity index (χ2n) is 5.39. The molecular weight excluding hydrogens is 316 g/mol. The number of nitrogens with zero attached hydrogens (tertiary/aromatic N) is 4. The molecule has 0 spiro atoms. The Hall–Kier alpha value is -3.24. The minimum Gasteiger partial charge on any atom is -0.385 e. The van der Waals surface area contributed by atoms with E-state index < -0.39 is 0 Å². The summed E-state index contributed by atoms with van der Waals surface area (Å²) < 4.78 is 5.06. The first-order valence-corrected chi connectivity index (χ1v) is 7.91. The molecule has 0 fully saturated rings. The Morgan fingerprint density at radius 1 is 1.12 bits per heavy atom. The van der Waals surface area contributed by atoms with Gasteiger partial charge in [0.2, 0.25) is 0 Å². The summed E-state index contributed by atoms with van der Waals surface area (Å²) in [5.74, 6) is 1.21. The molecule has 0 atom stereocenters. The van der Waals surface area contributed by atoms with Crippen LogP contribution in [0.25, 0.3) is 10.8 Å². The highest BCUT2D eigenvalue weighted by Gasteiger charge is 2.04. The van der Waals surface area contributed by atoms with Crippen molar-refractivity contribution in [3.8, 4) is 6.07 Å². The molecule has 126 valence electrons. The van der Waals surface area contributed by atoms with Crippen LogP contribution in [0.4, 0.5) is 17.3 Å². The molecule has 2 N–H and O–H groups in total. The number of aromatic nitrogens is 3. The lowest BCUT2D eigenvalue weighted by Gasteiger charge is -2.11. The Bertz CT molecular complexity index is 888. The quantitative estimate of drug-likeness (QED) is 0.641. The fraction of sp³-hybridized carbons (Fsp3) is 0.222. The van der Waals surface area contributed by atoms with Crippen molar-refractivity contribution in [1.29, 1.82) is 5.26 Å². The molecule has 0 bridgehead atoms. The van der Waals surface area contributed by atoms with E-state index in [-0.39, 0.29) is 5.69 Å². The van der Waals surface area contributed by atoms with Gasteiger partial charge in [0.25, 0.3) is 0 Å². The monoisotopic (exact) mass is 334 g/mol. The largest absolute Gasteiger partial charge is 0.385 e. The maximum Gasteiger partial charge on any atom is 0.158 e. The van der Waals surface area contributed by atoms with E-state index in [9.17, 15) is 0 Å². The summed E-state index contributed by atoms with van der Waals surface area (Å²) in [4.78, 5) is 12.6. The molecule has 25 heavy (non-hydrogen) atoms. The zero-order chi connectivity index (χ0) is 17.5. The van der Waals surface area contributed by atoms with E-state index in [2.05, 4.69) is 25.6 Å². The van der Waals surface area contributed by atoms with E-state index in [1.54, 1.807) is 7.11 Å². The highest BCUT2D eigenvalue weighted by atomic mass is 16.5. The number of anilines is 3. The molecule has 3 rings (SSSR count). The zero-order valence-corrected chi connectivity index (χ0v) is 13.9. The number of hydrogen-bond donors (Lipinski definition) is 2. The molecule has 0 radical (unpaired) electrons. The van der Waals surface area contributed by atoms with Crippen molar-refractivity contribution < 1.29 is 4.74 Å². The number of hydrogen-bond acceptors (Lipinski definition) is 7. The summed E-state index contributed by atoms with van der Waals surface area (Å²) in [6, 6.07) is 9.97. The van der Waals surface area contributed by atoms with Crippen LogP contribution in [0.3, 0.4) is 0 Å². The van der Waals surface area contributed by atoms with Gasteiger partial charge in [-0.05, 0) is 23.9 Å². The first-order chi connectivity index (χ1) is 12.3. The van der Waals surface area contributed by atoms with E-state index in [0.717, 1.165) is 36.0 Å². The number of pyridine rings is 1. The van der Waals surface area contributed by atoms with Gasteiger partial charge in [-0.3, -0.25) is 0 Å². The van der Waals surface area contributed by atoms with Crippen molar-refractivity contribution >= 4 is 28.1 Å². The molecule has 0 saturated carbocycles. The van der Waals surface area contributed by atoms with Gasteiger partial charge in [-0.25, -0.2) is 15.0 Å². The van der Waals surface area contributed by atoms with Gasteiger partial charge in [-0.1, -0.05) is 12.1 Å². The van der Waals surface area contributed by atoms with Crippen LogP contribution in [0.5, 0.6) is 0 Å². The maximum absolute atomic E-state index is 8.76. The average Bonchev–Trinajstić information content (AvgIpc) is 2.66. The second kappa shape index (κ2) is 8.04. The Morgan fingerprint density at radius 2 is 2.00 bits per heavy atom. The predicted molar refractivity (Wildman–Crippen MR) is 96.8 cm³/mol. The van der Waals surface area contributed by atoms with Gasteiger partial charge in [-0.15, -0.1) is 0 Å². The first kappa shape index (κ1) is 16.6. The summed E-state index contributed by atoms with van der Waals surface area (Å²) in [5.41, 5.74) is 1.33. The molecule has 0 unspecified atom stereocenters. The average molecular weight is 334 g/mol. The van der Waals surface area contributed by atoms with Crippen molar-refractivity contribution in [2.24, 2.45) is 0 Å². The van der Waals surface area contributed by atoms with Crippen molar-refractivity contribution in [3.05, 3.63) is 48.5 Å². The van der Waals surface area contributed by atoms with Gasteiger partial charge in [0.1, 0.15) is 17.7 Å². The molecule has 7 heteroatoms. The highest BCUT2D eigenvalue weighted by Crippen LogP contribution is 2.25. The zero-order valence-electron chi connectivity index (χ0n) is 13.9. The number of nitrogens with one attached hydrogen (secondary N) is 2. The highest BCUT2D eigenvalue weighted by molar-refractivity contribution is 5.94. The Morgan fingerprint density at radius 3 is 2.76 bits per heavy atom. The third-order valence-corrected chi connectivity index (χ3v) is 3.63. The van der Waals surface area contributed by atoms with Crippen LogP contribution in [0.1, 0.15) is 12.1 Å². The molecule has 0 aliphatic carbocycles. The van der Waals surface area contributed by atoms with E-state index in [0.29, 0.717) is 11.6 Å². The number of benzene rings is 1. The number of nitriles is 1. The van der Waals surface area contributed by atoms with Crippen LogP contribution in [-0.4, -0.2) is 35.2 Å². The van der Waals surface area contributed by atoms with Crippen LogP contribution < -0.4 is 10.6 Å². The van der Waals surface area contributed by atoms with E-state index in [1.165, 1.54) is 12.4 Å².